The number of nitrogens with zero attached hydrogens (tertiary/aromatic N) is 6. The molecule has 0 spiro atoms. The summed E-state index contributed by atoms with van der Waals surface area (Å²) >= 11 is 0. The molecule has 0 aliphatic carbocycles. The van der Waals surface area contributed by atoms with Gasteiger partial charge in [0.05, 0.1) is 11.7 Å². The summed E-state index contributed by atoms with van der Waals surface area (Å²) in [6, 6.07) is 14.2. The summed E-state index contributed by atoms with van der Waals surface area (Å²) in [6.45, 7) is 3.95. The van der Waals surface area contributed by atoms with Gasteiger partial charge in [-0.15, -0.1) is 0 Å². The zero-order valence-corrected chi connectivity index (χ0v) is 21.1. The number of nitrogens with two attached hydrogens (primary N) is 1. The van der Waals surface area contributed by atoms with Crippen molar-refractivity contribution in [3.63, 3.8) is 0 Å². The van der Waals surface area contributed by atoms with Gasteiger partial charge in [0.15, 0.2) is 11.6 Å². The highest BCUT2D eigenvalue weighted by Gasteiger charge is 2.39. The van der Waals surface area contributed by atoms with Gasteiger partial charge in [0.25, 0.3) is 0 Å². The van der Waals surface area contributed by atoms with Gasteiger partial charge in [0.2, 0.25) is 5.91 Å². The predicted octanol–water partition coefficient (Wildman–Crippen LogP) is 3.27. The van der Waals surface area contributed by atoms with E-state index in [9.17, 15) is 14.4 Å². The highest BCUT2D eigenvalue weighted by molar-refractivity contribution is 6.07. The molecule has 0 bridgehead atoms. The van der Waals surface area contributed by atoms with E-state index >= 15 is 4.39 Å². The molecule has 0 saturated carbocycles. The molecule has 1 aliphatic rings. The molecule has 0 radical (unpaired) electrons. The largest absolute Gasteiger partial charge is 0.366 e. The summed E-state index contributed by atoms with van der Waals surface area (Å²) < 4.78 is 18.6. The SMILES string of the molecule is CCc1cc(-c2ccc(-n3ncn(C)c3=O)cc2)c(F)c(N2C[C@H](C)N(c3cccc(C(N)=O)c3)C2=O)n1. The molecule has 194 valence electrons. The third-order valence-electron chi connectivity index (χ3n) is 6.59. The number of rotatable bonds is 6. The molecular formula is C27H26FN7O3. The molecule has 1 atom stereocenters. The highest BCUT2D eigenvalue weighted by Crippen LogP contribution is 2.34. The fraction of sp³-hybridized carbons (Fsp3) is 0.222. The number of anilines is 2. The van der Waals surface area contributed by atoms with E-state index in [1.807, 2.05) is 13.8 Å². The summed E-state index contributed by atoms with van der Waals surface area (Å²) in [6.07, 6.45) is 1.95. The first-order valence-electron chi connectivity index (χ1n) is 12.1. The fourth-order valence-electron chi connectivity index (χ4n) is 4.57. The van der Waals surface area contributed by atoms with E-state index in [2.05, 4.69) is 10.1 Å². The fourth-order valence-corrected chi connectivity index (χ4v) is 4.57. The van der Waals surface area contributed by atoms with Crippen molar-refractivity contribution in [2.24, 2.45) is 12.8 Å². The Morgan fingerprint density at radius 2 is 1.84 bits per heavy atom. The second kappa shape index (κ2) is 9.58. The maximum Gasteiger partial charge on any atom is 0.350 e. The third kappa shape index (κ3) is 4.21. The van der Waals surface area contributed by atoms with Crippen LogP contribution in [0.3, 0.4) is 0 Å². The van der Waals surface area contributed by atoms with Gasteiger partial charge < -0.3 is 5.73 Å². The number of amides is 3. The van der Waals surface area contributed by atoms with E-state index in [-0.39, 0.29) is 29.7 Å². The zero-order chi connectivity index (χ0) is 27.1. The van der Waals surface area contributed by atoms with Crippen LogP contribution in [0.1, 0.15) is 29.9 Å². The predicted molar refractivity (Wildman–Crippen MR) is 141 cm³/mol. The average molecular weight is 516 g/mol. The summed E-state index contributed by atoms with van der Waals surface area (Å²) in [7, 11) is 1.61. The minimum Gasteiger partial charge on any atom is -0.366 e. The van der Waals surface area contributed by atoms with Crippen LogP contribution in [0.25, 0.3) is 16.8 Å². The number of benzene rings is 2. The van der Waals surface area contributed by atoms with Crippen molar-refractivity contribution in [1.82, 2.24) is 19.3 Å². The lowest BCUT2D eigenvalue weighted by atomic mass is 10.0. The molecule has 4 aromatic rings. The van der Waals surface area contributed by atoms with Crippen LogP contribution in [0, 0.1) is 5.82 Å². The summed E-state index contributed by atoms with van der Waals surface area (Å²) in [4.78, 5) is 44.7. The van der Waals surface area contributed by atoms with Gasteiger partial charge in [-0.25, -0.2) is 19.0 Å². The molecule has 1 aliphatic heterocycles. The molecule has 3 amide bonds. The van der Waals surface area contributed by atoms with Crippen LogP contribution in [0.2, 0.25) is 0 Å². The Morgan fingerprint density at radius 1 is 1.11 bits per heavy atom. The quantitative estimate of drug-likeness (QED) is 0.423. The Morgan fingerprint density at radius 3 is 2.47 bits per heavy atom. The second-order valence-electron chi connectivity index (χ2n) is 9.16. The van der Waals surface area contributed by atoms with Crippen molar-refractivity contribution in [1.29, 1.82) is 0 Å². The Hall–Kier alpha value is -4.80. The van der Waals surface area contributed by atoms with Crippen molar-refractivity contribution in [2.45, 2.75) is 26.3 Å². The molecule has 2 aromatic carbocycles. The van der Waals surface area contributed by atoms with Gasteiger partial charge in [-0.2, -0.15) is 9.78 Å². The molecular weight excluding hydrogens is 489 g/mol. The van der Waals surface area contributed by atoms with Crippen LogP contribution in [-0.4, -0.2) is 43.9 Å². The van der Waals surface area contributed by atoms with Gasteiger partial charge in [0.1, 0.15) is 6.33 Å². The molecule has 5 rings (SSSR count). The Labute approximate surface area is 217 Å². The number of primary amides is 1. The monoisotopic (exact) mass is 515 g/mol. The maximum absolute atomic E-state index is 16.0. The van der Waals surface area contributed by atoms with Gasteiger partial charge in [-0.3, -0.25) is 19.2 Å². The van der Waals surface area contributed by atoms with Crippen molar-refractivity contribution < 1.29 is 14.0 Å². The van der Waals surface area contributed by atoms with E-state index in [4.69, 9.17) is 5.73 Å². The van der Waals surface area contributed by atoms with E-state index < -0.39 is 17.8 Å². The molecule has 1 saturated heterocycles. The number of halogens is 1. The minimum absolute atomic E-state index is 0.0604. The first kappa shape index (κ1) is 24.9. The van der Waals surface area contributed by atoms with Gasteiger partial charge in [0, 0.05) is 36.1 Å². The van der Waals surface area contributed by atoms with Crippen LogP contribution < -0.4 is 21.2 Å². The molecule has 2 aromatic heterocycles. The summed E-state index contributed by atoms with van der Waals surface area (Å²) in [5, 5.41) is 4.07. The normalized spacial score (nSPS) is 15.4. The average Bonchev–Trinajstić information content (AvgIpc) is 3.41. The van der Waals surface area contributed by atoms with E-state index in [0.29, 0.717) is 34.6 Å². The second-order valence-corrected chi connectivity index (χ2v) is 9.16. The van der Waals surface area contributed by atoms with Crippen molar-refractivity contribution >= 4 is 23.4 Å². The van der Waals surface area contributed by atoms with Crippen LogP contribution in [0.15, 0.2) is 65.7 Å². The van der Waals surface area contributed by atoms with Crippen LogP contribution in [0.5, 0.6) is 0 Å². The summed E-state index contributed by atoms with van der Waals surface area (Å²) in [5.74, 6) is -1.29. The molecule has 0 unspecified atom stereocenters. The van der Waals surface area contributed by atoms with E-state index in [0.717, 1.165) is 0 Å². The first-order chi connectivity index (χ1) is 18.2. The third-order valence-corrected chi connectivity index (χ3v) is 6.59. The lowest BCUT2D eigenvalue weighted by Gasteiger charge is -2.22. The first-order valence-corrected chi connectivity index (χ1v) is 12.1. The number of carbonyl (C=O) groups is 2. The van der Waals surface area contributed by atoms with Gasteiger partial charge >= 0.3 is 11.7 Å². The van der Waals surface area contributed by atoms with Crippen molar-refractivity contribution in [3.05, 3.63) is 88.5 Å². The molecule has 10 nitrogen and oxygen atoms in total. The zero-order valence-electron chi connectivity index (χ0n) is 21.1. The highest BCUT2D eigenvalue weighted by atomic mass is 19.1. The number of aryl methyl sites for hydroxylation is 2. The van der Waals surface area contributed by atoms with E-state index in [1.165, 1.54) is 25.4 Å². The van der Waals surface area contributed by atoms with Gasteiger partial charge in [-0.1, -0.05) is 25.1 Å². The lowest BCUT2D eigenvalue weighted by Crippen LogP contribution is -2.34. The lowest BCUT2D eigenvalue weighted by molar-refractivity contribution is 0.1000. The van der Waals surface area contributed by atoms with Crippen molar-refractivity contribution in [3.8, 4) is 16.8 Å². The number of pyridine rings is 1. The number of aromatic nitrogens is 4. The molecule has 2 N–H and O–H groups in total. The summed E-state index contributed by atoms with van der Waals surface area (Å²) in [5.41, 5.74) is 7.91. The number of hydrogen-bond acceptors (Lipinski definition) is 5. The smallest absolute Gasteiger partial charge is 0.350 e. The van der Waals surface area contributed by atoms with Gasteiger partial charge in [-0.05, 0) is 55.3 Å². The number of hydrogen-bond donors (Lipinski definition) is 1. The molecule has 11 heteroatoms. The van der Waals surface area contributed by atoms with Crippen LogP contribution in [-0.2, 0) is 13.5 Å². The van der Waals surface area contributed by atoms with Crippen LogP contribution >= 0.6 is 0 Å². The molecule has 38 heavy (non-hydrogen) atoms. The topological polar surface area (TPSA) is 119 Å². The number of urea groups is 1. The Kier molecular flexibility index (Phi) is 6.27. The standard InChI is InChI=1S/C27H26FN7O3/c1-4-19-13-22(17-8-10-20(11-9-17)35-26(37)32(3)15-30-35)23(28)25(31-19)33-14-16(2)34(27(33)38)21-7-5-6-18(12-21)24(29)36/h5-13,15-16H,4,14H2,1-3H3,(H2,29,36)/t16-/m0/s1. The molecule has 1 fully saturated rings. The van der Waals surface area contributed by atoms with Crippen LogP contribution in [0.4, 0.5) is 20.7 Å². The van der Waals surface area contributed by atoms with E-state index in [1.54, 1.807) is 61.6 Å². The maximum atomic E-state index is 16.0. The Bertz CT molecular complexity index is 1610. The van der Waals surface area contributed by atoms with Crippen molar-refractivity contribution in [2.75, 3.05) is 16.3 Å². The Balaban J connectivity index is 1.52. The molecule has 3 heterocycles. The number of carbonyl (C=O) groups excluding carboxylic acids is 2. The minimum atomic E-state index is -0.627.